The van der Waals surface area contributed by atoms with E-state index in [0.717, 1.165) is 5.56 Å². The maximum atomic E-state index is 13.4. The van der Waals surface area contributed by atoms with Gasteiger partial charge in [0.2, 0.25) is 18.1 Å². The van der Waals surface area contributed by atoms with E-state index in [1.807, 2.05) is 11.0 Å². The van der Waals surface area contributed by atoms with E-state index in [-0.39, 0.29) is 34.8 Å². The number of ether oxygens (including phenoxy) is 6. The molecule has 0 spiro atoms. The molecule has 0 amide bonds. The predicted octanol–water partition coefficient (Wildman–Crippen LogP) is 3.90. The first-order chi connectivity index (χ1) is 19.9. The lowest BCUT2D eigenvalue weighted by Gasteiger charge is -2.42. The fourth-order valence-electron chi connectivity index (χ4n) is 5.98. The second kappa shape index (κ2) is 9.15. The van der Waals surface area contributed by atoms with Crippen LogP contribution in [0.5, 0.6) is 28.7 Å². The summed E-state index contributed by atoms with van der Waals surface area (Å²) in [6, 6.07) is 7.72. The van der Waals surface area contributed by atoms with Crippen LogP contribution in [0.1, 0.15) is 39.2 Å². The van der Waals surface area contributed by atoms with Gasteiger partial charge in [-0.05, 0) is 40.5 Å². The van der Waals surface area contributed by atoms with Crippen LogP contribution in [0.4, 0.5) is 11.4 Å². The van der Waals surface area contributed by atoms with E-state index in [9.17, 15) is 14.9 Å². The van der Waals surface area contributed by atoms with Gasteiger partial charge in [-0.15, -0.1) is 0 Å². The number of nitro benzene ring substituents is 1. The number of nitro groups is 1. The second-order valence-corrected chi connectivity index (χ2v) is 9.55. The van der Waals surface area contributed by atoms with Crippen LogP contribution >= 0.6 is 0 Å². The highest BCUT2D eigenvalue weighted by atomic mass is 16.7. The summed E-state index contributed by atoms with van der Waals surface area (Å²) in [7, 11) is 4.45. The SMILES string of the molecule is COc1ccc2c(c1OC)C(=O)OC2[C@H]1c2c(cc3c(c2OC)OCO3)CCN1c1cc([N+](=O)[O-])c2nonc2c1. The van der Waals surface area contributed by atoms with Crippen LogP contribution in [0, 0.1) is 10.1 Å². The highest BCUT2D eigenvalue weighted by molar-refractivity contribution is 5.98. The maximum Gasteiger partial charge on any atom is 0.343 e. The summed E-state index contributed by atoms with van der Waals surface area (Å²) in [6.07, 6.45) is -0.336. The molecule has 4 aromatic rings. The third-order valence-electron chi connectivity index (χ3n) is 7.66. The number of hydrogen-bond acceptors (Lipinski definition) is 13. The Bertz CT molecular complexity index is 1750. The Hall–Kier alpha value is -5.27. The van der Waals surface area contributed by atoms with Crippen LogP contribution < -0.4 is 28.6 Å². The minimum absolute atomic E-state index is 0.0307. The van der Waals surface area contributed by atoms with Gasteiger partial charge < -0.3 is 33.3 Å². The van der Waals surface area contributed by atoms with Crippen molar-refractivity contribution in [3.05, 3.63) is 62.7 Å². The zero-order valence-corrected chi connectivity index (χ0v) is 22.0. The van der Waals surface area contributed by atoms with Gasteiger partial charge in [-0.2, -0.15) is 0 Å². The Morgan fingerprint density at radius 2 is 1.88 bits per heavy atom. The molecule has 2 atom stereocenters. The molecule has 3 aliphatic rings. The van der Waals surface area contributed by atoms with Crippen molar-refractivity contribution >= 4 is 28.4 Å². The third kappa shape index (κ3) is 3.53. The number of methoxy groups -OCH3 is 3. The van der Waals surface area contributed by atoms with Crippen molar-refractivity contribution in [2.75, 3.05) is 39.6 Å². The smallest absolute Gasteiger partial charge is 0.343 e. The number of aromatic nitrogens is 2. The van der Waals surface area contributed by atoms with E-state index in [1.54, 1.807) is 18.2 Å². The molecule has 0 saturated carbocycles. The topological polar surface area (TPSA) is 158 Å². The van der Waals surface area contributed by atoms with E-state index in [4.69, 9.17) is 33.1 Å². The summed E-state index contributed by atoms with van der Waals surface area (Å²) in [5.41, 5.74) is 2.84. The fourth-order valence-corrected chi connectivity index (χ4v) is 5.98. The molecule has 41 heavy (non-hydrogen) atoms. The van der Waals surface area contributed by atoms with Gasteiger partial charge in [-0.3, -0.25) is 10.1 Å². The number of non-ortho nitro benzene ring substituents is 1. The molecular formula is C27H22N4O10. The van der Waals surface area contributed by atoms with Crippen LogP contribution in [0.25, 0.3) is 11.0 Å². The largest absolute Gasteiger partial charge is 0.493 e. The van der Waals surface area contributed by atoms with Gasteiger partial charge in [-0.1, -0.05) is 6.07 Å². The minimum atomic E-state index is -0.865. The lowest BCUT2D eigenvalue weighted by molar-refractivity contribution is -0.383. The summed E-state index contributed by atoms with van der Waals surface area (Å²) >= 11 is 0. The maximum absolute atomic E-state index is 13.4. The first kappa shape index (κ1) is 24.7. The van der Waals surface area contributed by atoms with Crippen molar-refractivity contribution < 1.29 is 42.8 Å². The van der Waals surface area contributed by atoms with E-state index < -0.39 is 23.0 Å². The monoisotopic (exact) mass is 562 g/mol. The van der Waals surface area contributed by atoms with E-state index >= 15 is 0 Å². The Morgan fingerprint density at radius 3 is 2.63 bits per heavy atom. The van der Waals surface area contributed by atoms with Crippen LogP contribution in [-0.2, 0) is 11.2 Å². The summed E-state index contributed by atoms with van der Waals surface area (Å²) in [6.45, 7) is 0.439. The molecule has 4 heterocycles. The van der Waals surface area contributed by atoms with Crippen molar-refractivity contribution in [3.8, 4) is 28.7 Å². The molecule has 14 heteroatoms. The first-order valence-electron chi connectivity index (χ1n) is 12.6. The molecule has 0 N–H and O–H groups in total. The lowest BCUT2D eigenvalue weighted by atomic mass is 9.84. The van der Waals surface area contributed by atoms with Gasteiger partial charge in [0.25, 0.3) is 0 Å². The Kier molecular flexibility index (Phi) is 5.52. The molecule has 1 unspecified atom stereocenters. The van der Waals surface area contributed by atoms with Crippen LogP contribution in [0.3, 0.4) is 0 Å². The van der Waals surface area contributed by atoms with E-state index in [1.165, 1.54) is 27.4 Å². The van der Waals surface area contributed by atoms with Crippen molar-refractivity contribution in [1.29, 1.82) is 0 Å². The molecule has 3 aromatic carbocycles. The summed E-state index contributed by atoms with van der Waals surface area (Å²) in [4.78, 5) is 26.7. The zero-order chi connectivity index (χ0) is 28.4. The van der Waals surface area contributed by atoms with Gasteiger partial charge in [0.05, 0.1) is 32.3 Å². The van der Waals surface area contributed by atoms with Crippen molar-refractivity contribution in [1.82, 2.24) is 10.3 Å². The standard InChI is InChI=1S/C27H22N4O10/c1-35-17-5-4-14-20(24(17)36-2)27(32)40-23(14)22-19-12(8-18-25(26(19)37-3)39-11-38-18)6-7-30(22)13-9-15-21(29-41-28-15)16(10-13)31(33)34/h4-5,8-10,22-23H,6-7,11H2,1-3H3/t22-,23?/m1/s1. The van der Waals surface area contributed by atoms with Crippen molar-refractivity contribution in [3.63, 3.8) is 0 Å². The number of carbonyl (C=O) groups excluding carboxylic acids is 1. The van der Waals surface area contributed by atoms with Gasteiger partial charge in [0.15, 0.2) is 29.1 Å². The molecule has 3 aliphatic heterocycles. The summed E-state index contributed by atoms with van der Waals surface area (Å²) < 4.78 is 39.1. The van der Waals surface area contributed by atoms with Gasteiger partial charge >= 0.3 is 11.7 Å². The number of hydrogen-bond donors (Lipinski definition) is 0. The molecule has 0 bridgehead atoms. The number of benzene rings is 3. The van der Waals surface area contributed by atoms with E-state index in [0.29, 0.717) is 52.8 Å². The number of nitrogens with zero attached hydrogens (tertiary/aromatic N) is 4. The highest BCUT2D eigenvalue weighted by Crippen LogP contribution is 2.56. The molecule has 210 valence electrons. The van der Waals surface area contributed by atoms with E-state index in [2.05, 4.69) is 10.3 Å². The van der Waals surface area contributed by atoms with Gasteiger partial charge in [0, 0.05) is 29.4 Å². The summed E-state index contributed by atoms with van der Waals surface area (Å²) in [5, 5.41) is 19.6. The average molecular weight is 562 g/mol. The quantitative estimate of drug-likeness (QED) is 0.189. The molecule has 7 rings (SSSR count). The predicted molar refractivity (Wildman–Crippen MR) is 139 cm³/mol. The normalized spacial score (nSPS) is 18.6. The molecule has 14 nitrogen and oxygen atoms in total. The summed E-state index contributed by atoms with van der Waals surface area (Å²) in [5.74, 6) is 1.45. The van der Waals surface area contributed by atoms with Gasteiger partial charge in [-0.25, -0.2) is 9.42 Å². The highest BCUT2D eigenvalue weighted by Gasteiger charge is 2.47. The van der Waals surface area contributed by atoms with Crippen LogP contribution in [0.2, 0.25) is 0 Å². The average Bonchev–Trinajstić information content (AvgIpc) is 3.73. The van der Waals surface area contributed by atoms with Gasteiger partial charge in [0.1, 0.15) is 11.1 Å². The fraction of sp³-hybridized carbons (Fsp3) is 0.296. The molecule has 1 aromatic heterocycles. The Balaban J connectivity index is 1.48. The van der Waals surface area contributed by atoms with Crippen molar-refractivity contribution in [2.24, 2.45) is 0 Å². The molecule has 0 aliphatic carbocycles. The number of cyclic esters (lactones) is 1. The number of anilines is 1. The lowest BCUT2D eigenvalue weighted by Crippen LogP contribution is -2.39. The van der Waals surface area contributed by atoms with Crippen molar-refractivity contribution in [2.45, 2.75) is 18.6 Å². The zero-order valence-electron chi connectivity index (χ0n) is 22.0. The second-order valence-electron chi connectivity index (χ2n) is 9.55. The number of rotatable bonds is 6. The van der Waals surface area contributed by atoms with Crippen LogP contribution in [0.15, 0.2) is 35.0 Å². The number of esters is 1. The Labute approximate surface area is 231 Å². The number of fused-ring (bicyclic) bond motifs is 4. The first-order valence-corrected chi connectivity index (χ1v) is 12.6. The molecule has 0 fully saturated rings. The minimum Gasteiger partial charge on any atom is -0.493 e. The molecule has 0 radical (unpaired) electrons. The Morgan fingerprint density at radius 1 is 1.05 bits per heavy atom. The molecular weight excluding hydrogens is 540 g/mol. The molecule has 0 saturated heterocycles. The number of carbonyl (C=O) groups is 1. The third-order valence-corrected chi connectivity index (χ3v) is 7.66. The van der Waals surface area contributed by atoms with Crippen LogP contribution in [-0.4, -0.2) is 55.9 Å².